The van der Waals surface area contributed by atoms with Gasteiger partial charge in [-0.1, -0.05) is 0 Å². The summed E-state index contributed by atoms with van der Waals surface area (Å²) >= 11 is 0. The molecule has 0 radical (unpaired) electrons. The van der Waals surface area contributed by atoms with E-state index in [0.29, 0.717) is 11.8 Å². The van der Waals surface area contributed by atoms with Crippen molar-refractivity contribution in [2.24, 2.45) is 11.8 Å². The molecule has 6 heteroatoms. The van der Waals surface area contributed by atoms with E-state index in [1.54, 1.807) is 0 Å². The number of morpholine rings is 1. The number of piperidine rings is 1. The largest absolute Gasteiger partial charge is 0.379 e. The minimum Gasteiger partial charge on any atom is -0.379 e. The molecule has 0 spiro atoms. The van der Waals surface area contributed by atoms with Crippen LogP contribution in [0.4, 0.5) is 0 Å². The zero-order valence-electron chi connectivity index (χ0n) is 15.3. The molecule has 4 heterocycles. The Labute approximate surface area is 150 Å². The zero-order chi connectivity index (χ0) is 17.2. The monoisotopic (exact) mass is 346 g/mol. The van der Waals surface area contributed by atoms with Gasteiger partial charge in [0.15, 0.2) is 0 Å². The Bertz CT molecular complexity index is 609. The topological polar surface area (TPSA) is 50.6 Å². The fourth-order valence-corrected chi connectivity index (χ4v) is 4.66. The molecule has 1 amide bonds. The molecule has 0 bridgehead atoms. The predicted molar refractivity (Wildman–Crippen MR) is 95.3 cm³/mol. The second kappa shape index (κ2) is 7.46. The van der Waals surface area contributed by atoms with Crippen LogP contribution >= 0.6 is 0 Å². The van der Waals surface area contributed by atoms with Crippen molar-refractivity contribution in [1.29, 1.82) is 0 Å². The molecule has 138 valence electrons. The lowest BCUT2D eigenvalue weighted by molar-refractivity contribution is -0.138. The van der Waals surface area contributed by atoms with Crippen LogP contribution in [0.1, 0.15) is 30.8 Å². The lowest BCUT2D eigenvalue weighted by Gasteiger charge is -2.38. The summed E-state index contributed by atoms with van der Waals surface area (Å²) in [7, 11) is 0. The minimum absolute atomic E-state index is 0.144. The van der Waals surface area contributed by atoms with Crippen LogP contribution in [-0.4, -0.2) is 71.2 Å². The molecule has 1 aromatic rings. The van der Waals surface area contributed by atoms with Gasteiger partial charge in [0.2, 0.25) is 5.91 Å². The van der Waals surface area contributed by atoms with Crippen molar-refractivity contribution in [3.05, 3.63) is 17.7 Å². The highest BCUT2D eigenvalue weighted by Crippen LogP contribution is 2.26. The summed E-state index contributed by atoms with van der Waals surface area (Å²) in [5.41, 5.74) is 1.23. The lowest BCUT2D eigenvalue weighted by atomic mass is 9.91. The van der Waals surface area contributed by atoms with E-state index in [2.05, 4.69) is 19.4 Å². The maximum atomic E-state index is 13.1. The molecule has 3 aliphatic rings. The first-order chi connectivity index (χ1) is 12.2. The average molecular weight is 346 g/mol. The number of hydrogen-bond donors (Lipinski definition) is 0. The summed E-state index contributed by atoms with van der Waals surface area (Å²) in [5, 5.41) is 0. The Kier molecular flexibility index (Phi) is 5.08. The molecular weight excluding hydrogens is 316 g/mol. The fraction of sp³-hybridized carbons (Fsp3) is 0.789. The van der Waals surface area contributed by atoms with E-state index in [9.17, 15) is 4.79 Å². The smallest absolute Gasteiger partial charge is 0.226 e. The molecule has 0 N–H and O–H groups in total. The summed E-state index contributed by atoms with van der Waals surface area (Å²) in [6, 6.07) is 0. The molecule has 0 saturated carbocycles. The van der Waals surface area contributed by atoms with Gasteiger partial charge in [-0.3, -0.25) is 9.69 Å². The van der Waals surface area contributed by atoms with Gasteiger partial charge in [0.1, 0.15) is 5.82 Å². The van der Waals surface area contributed by atoms with Crippen LogP contribution in [0.25, 0.3) is 0 Å². The van der Waals surface area contributed by atoms with E-state index in [-0.39, 0.29) is 5.92 Å². The first kappa shape index (κ1) is 17.0. The molecule has 1 unspecified atom stereocenters. The summed E-state index contributed by atoms with van der Waals surface area (Å²) < 4.78 is 7.71. The maximum absolute atomic E-state index is 13.1. The lowest BCUT2D eigenvalue weighted by Crippen LogP contribution is -2.48. The van der Waals surface area contributed by atoms with E-state index in [0.717, 1.165) is 77.6 Å². The number of carbonyl (C=O) groups excluding carboxylic acids is 1. The summed E-state index contributed by atoms with van der Waals surface area (Å²) in [6.45, 7) is 9.75. The molecule has 2 atom stereocenters. The third kappa shape index (κ3) is 3.75. The van der Waals surface area contributed by atoms with Crippen LogP contribution in [0, 0.1) is 18.8 Å². The van der Waals surface area contributed by atoms with Crippen molar-refractivity contribution in [3.8, 4) is 0 Å². The van der Waals surface area contributed by atoms with E-state index in [4.69, 9.17) is 4.74 Å². The zero-order valence-corrected chi connectivity index (χ0v) is 15.3. The molecule has 6 nitrogen and oxygen atoms in total. The molecular formula is C19H30N4O2. The molecule has 0 aliphatic carbocycles. The van der Waals surface area contributed by atoms with E-state index in [1.807, 2.05) is 13.1 Å². The predicted octanol–water partition coefficient (Wildman–Crippen LogP) is 1.32. The van der Waals surface area contributed by atoms with E-state index >= 15 is 0 Å². The van der Waals surface area contributed by atoms with Crippen LogP contribution in [0.5, 0.6) is 0 Å². The van der Waals surface area contributed by atoms with Gasteiger partial charge in [-0.25, -0.2) is 4.98 Å². The highest BCUT2D eigenvalue weighted by molar-refractivity contribution is 5.79. The van der Waals surface area contributed by atoms with Gasteiger partial charge >= 0.3 is 0 Å². The molecule has 25 heavy (non-hydrogen) atoms. The van der Waals surface area contributed by atoms with Crippen molar-refractivity contribution < 1.29 is 9.53 Å². The Morgan fingerprint density at radius 2 is 2.08 bits per heavy atom. The van der Waals surface area contributed by atoms with Crippen LogP contribution in [0.2, 0.25) is 0 Å². The summed E-state index contributed by atoms with van der Waals surface area (Å²) in [6.07, 6.45) is 6.15. The van der Waals surface area contributed by atoms with Crippen molar-refractivity contribution in [2.45, 2.75) is 39.2 Å². The number of ether oxygens (including phenoxy) is 1. The van der Waals surface area contributed by atoms with Gasteiger partial charge in [0, 0.05) is 63.5 Å². The Morgan fingerprint density at radius 1 is 1.24 bits per heavy atom. The van der Waals surface area contributed by atoms with Crippen LogP contribution in [0.15, 0.2) is 6.20 Å². The molecule has 3 aliphatic heterocycles. The van der Waals surface area contributed by atoms with Gasteiger partial charge in [-0.2, -0.15) is 0 Å². The van der Waals surface area contributed by atoms with Gasteiger partial charge in [-0.15, -0.1) is 0 Å². The quantitative estimate of drug-likeness (QED) is 0.828. The molecule has 0 aromatic carbocycles. The molecule has 2 fully saturated rings. The maximum Gasteiger partial charge on any atom is 0.226 e. The number of likely N-dealkylation sites (tertiary alicyclic amines) is 1. The summed E-state index contributed by atoms with van der Waals surface area (Å²) in [4.78, 5) is 22.1. The van der Waals surface area contributed by atoms with Crippen LogP contribution in [0.3, 0.4) is 0 Å². The fourth-order valence-electron chi connectivity index (χ4n) is 4.66. The van der Waals surface area contributed by atoms with Gasteiger partial charge in [0.05, 0.1) is 13.2 Å². The highest BCUT2D eigenvalue weighted by Gasteiger charge is 2.32. The molecule has 2 saturated heterocycles. The average Bonchev–Trinajstić information content (AvgIpc) is 3.02. The van der Waals surface area contributed by atoms with E-state index < -0.39 is 0 Å². The first-order valence-electron chi connectivity index (χ1n) is 9.80. The normalized spacial score (nSPS) is 28.0. The third-order valence-corrected chi connectivity index (χ3v) is 6.09. The standard InChI is InChI=1S/C19H30N4O2/c1-15-20-12-18-11-17(4-6-23(15)18)19(24)22-5-2-3-16(14-22)13-21-7-9-25-10-8-21/h12,16-17H,2-11,13-14H2,1H3/t16-,17?/m1/s1. The first-order valence-corrected chi connectivity index (χ1v) is 9.80. The van der Waals surface area contributed by atoms with Crippen molar-refractivity contribution in [2.75, 3.05) is 45.9 Å². The van der Waals surface area contributed by atoms with Crippen molar-refractivity contribution in [3.63, 3.8) is 0 Å². The molecule has 4 rings (SSSR count). The number of aromatic nitrogens is 2. The second-order valence-corrected chi connectivity index (χ2v) is 7.84. The Balaban J connectivity index is 1.34. The number of nitrogens with zero attached hydrogens (tertiary/aromatic N) is 4. The minimum atomic E-state index is 0.144. The van der Waals surface area contributed by atoms with Crippen molar-refractivity contribution >= 4 is 5.91 Å². The molecule has 1 aromatic heterocycles. The second-order valence-electron chi connectivity index (χ2n) is 7.84. The number of amides is 1. The Morgan fingerprint density at radius 3 is 2.92 bits per heavy atom. The number of carbonyl (C=O) groups is 1. The van der Waals surface area contributed by atoms with Gasteiger partial charge < -0.3 is 14.2 Å². The number of imidazole rings is 1. The number of fused-ring (bicyclic) bond motifs is 1. The number of rotatable bonds is 3. The van der Waals surface area contributed by atoms with Gasteiger partial charge in [0.25, 0.3) is 0 Å². The number of aryl methyl sites for hydroxylation is 1. The van der Waals surface area contributed by atoms with Crippen molar-refractivity contribution in [1.82, 2.24) is 19.4 Å². The number of hydrogen-bond acceptors (Lipinski definition) is 4. The highest BCUT2D eigenvalue weighted by atomic mass is 16.5. The van der Waals surface area contributed by atoms with Gasteiger partial charge in [-0.05, 0) is 32.1 Å². The Hall–Kier alpha value is -1.40. The van der Waals surface area contributed by atoms with Crippen LogP contribution < -0.4 is 0 Å². The van der Waals surface area contributed by atoms with Crippen LogP contribution in [-0.2, 0) is 22.5 Å². The SMILES string of the molecule is Cc1ncc2n1CCC(C(=O)N1CCC[C@H](CN3CCOCC3)C1)C2. The third-order valence-electron chi connectivity index (χ3n) is 6.09. The summed E-state index contributed by atoms with van der Waals surface area (Å²) in [5.74, 6) is 2.21. The van der Waals surface area contributed by atoms with E-state index in [1.165, 1.54) is 12.1 Å².